The Morgan fingerprint density at radius 3 is 2.67 bits per heavy atom. The molecule has 0 spiro atoms. The van der Waals surface area contributed by atoms with E-state index >= 15 is 0 Å². The van der Waals surface area contributed by atoms with Crippen LogP contribution in [-0.4, -0.2) is 16.3 Å². The molecule has 0 fully saturated rings. The van der Waals surface area contributed by atoms with Gasteiger partial charge >= 0.3 is 12.4 Å². The molecule has 2 aromatic rings. The van der Waals surface area contributed by atoms with E-state index in [1.54, 1.807) is 24.3 Å². The van der Waals surface area contributed by atoms with Gasteiger partial charge in [-0.2, -0.15) is 9.97 Å². The van der Waals surface area contributed by atoms with Gasteiger partial charge in [-0.25, -0.2) is 0 Å². The molecule has 0 saturated heterocycles. The zero-order valence-electron chi connectivity index (χ0n) is 7.25. The average Bonchev–Trinajstić information content (AvgIpc) is 2.15. The molecule has 1 radical (unpaired) electrons. The first-order valence-electron chi connectivity index (χ1n) is 3.95. The Hall–Kier alpha value is -1.85. The van der Waals surface area contributed by atoms with Gasteiger partial charge in [0.1, 0.15) is 6.20 Å². The predicted octanol–water partition coefficient (Wildman–Crippen LogP) is 2.33. The van der Waals surface area contributed by atoms with Crippen LogP contribution < -0.4 is 4.74 Å². The minimum Gasteiger partial charge on any atom is -0.371 e. The molecule has 2 rings (SSSR count). The Labute approximate surface area is 82.5 Å². The van der Waals surface area contributed by atoms with Crippen molar-refractivity contribution in [3.8, 4) is 6.01 Å². The molecule has 1 aromatic carbocycles. The largest absolute Gasteiger partial charge is 0.575 e. The van der Waals surface area contributed by atoms with Gasteiger partial charge in [-0.15, -0.1) is 13.2 Å². The number of fused-ring (bicyclic) bond motifs is 1. The smallest absolute Gasteiger partial charge is 0.371 e. The van der Waals surface area contributed by atoms with Crippen molar-refractivity contribution in [1.29, 1.82) is 0 Å². The predicted molar refractivity (Wildman–Crippen MR) is 45.1 cm³/mol. The second-order valence-corrected chi connectivity index (χ2v) is 2.68. The summed E-state index contributed by atoms with van der Waals surface area (Å²) in [6, 6.07) is 5.82. The van der Waals surface area contributed by atoms with Gasteiger partial charge in [0.15, 0.2) is 0 Å². The molecule has 0 aliphatic rings. The molecule has 6 heteroatoms. The third-order valence-corrected chi connectivity index (χ3v) is 1.60. The minimum atomic E-state index is -4.78. The molecule has 0 saturated carbocycles. The first-order chi connectivity index (χ1) is 7.04. The van der Waals surface area contributed by atoms with Crippen LogP contribution in [0.5, 0.6) is 6.01 Å². The van der Waals surface area contributed by atoms with Crippen LogP contribution in [0, 0.1) is 6.20 Å². The van der Waals surface area contributed by atoms with Crippen molar-refractivity contribution in [2.45, 2.75) is 6.36 Å². The van der Waals surface area contributed by atoms with Crippen molar-refractivity contribution >= 4 is 10.9 Å². The molecule has 1 heterocycles. The van der Waals surface area contributed by atoms with Crippen molar-refractivity contribution in [3.05, 3.63) is 30.5 Å². The Bertz CT molecular complexity index is 484. The van der Waals surface area contributed by atoms with Crippen LogP contribution in [-0.2, 0) is 0 Å². The standard InChI is InChI=1S/C9H4F3N2O/c10-9(11,12)15-8-13-5-6-3-1-2-4-7(6)14-8/h1-4H. The third kappa shape index (κ3) is 2.34. The summed E-state index contributed by atoms with van der Waals surface area (Å²) in [4.78, 5) is 6.89. The molecule has 1 aromatic heterocycles. The van der Waals surface area contributed by atoms with Gasteiger partial charge < -0.3 is 4.74 Å². The summed E-state index contributed by atoms with van der Waals surface area (Å²) in [6.45, 7) is 0. The molecule has 15 heavy (non-hydrogen) atoms. The van der Waals surface area contributed by atoms with Crippen LogP contribution in [0.2, 0.25) is 0 Å². The van der Waals surface area contributed by atoms with E-state index in [1.807, 2.05) is 0 Å². The van der Waals surface area contributed by atoms with Crippen LogP contribution in [0.25, 0.3) is 10.9 Å². The van der Waals surface area contributed by atoms with Gasteiger partial charge in [0.05, 0.1) is 5.52 Å². The third-order valence-electron chi connectivity index (χ3n) is 1.60. The van der Waals surface area contributed by atoms with Crippen LogP contribution in [0.3, 0.4) is 0 Å². The van der Waals surface area contributed by atoms with Gasteiger partial charge in [0, 0.05) is 5.39 Å². The van der Waals surface area contributed by atoms with Gasteiger partial charge in [0.25, 0.3) is 0 Å². The lowest BCUT2D eigenvalue weighted by Crippen LogP contribution is -2.18. The maximum atomic E-state index is 11.8. The van der Waals surface area contributed by atoms with Gasteiger partial charge in [0.2, 0.25) is 0 Å². The van der Waals surface area contributed by atoms with Crippen LogP contribution in [0.4, 0.5) is 13.2 Å². The van der Waals surface area contributed by atoms with Gasteiger partial charge in [-0.1, -0.05) is 18.2 Å². The van der Waals surface area contributed by atoms with Crippen molar-refractivity contribution in [3.63, 3.8) is 0 Å². The Morgan fingerprint density at radius 2 is 1.93 bits per heavy atom. The average molecular weight is 213 g/mol. The van der Waals surface area contributed by atoms with Crippen molar-refractivity contribution < 1.29 is 17.9 Å². The molecule has 0 bridgehead atoms. The summed E-state index contributed by atoms with van der Waals surface area (Å²) in [5, 5.41) is 0.534. The number of para-hydroxylation sites is 1. The molecule has 0 unspecified atom stereocenters. The van der Waals surface area contributed by atoms with E-state index in [9.17, 15) is 13.2 Å². The summed E-state index contributed by atoms with van der Waals surface area (Å²) in [5.41, 5.74) is 0.353. The fourth-order valence-corrected chi connectivity index (χ4v) is 1.05. The summed E-state index contributed by atoms with van der Waals surface area (Å²) in [7, 11) is 0. The van der Waals surface area contributed by atoms with Crippen molar-refractivity contribution in [2.75, 3.05) is 0 Å². The number of ether oxygens (including phenoxy) is 1. The fraction of sp³-hybridized carbons (Fsp3) is 0.111. The first kappa shape index (κ1) is 9.70. The second-order valence-electron chi connectivity index (χ2n) is 2.68. The van der Waals surface area contributed by atoms with Gasteiger partial charge in [-0.3, -0.25) is 0 Å². The monoisotopic (exact) mass is 213 g/mol. The highest BCUT2D eigenvalue weighted by Crippen LogP contribution is 2.20. The summed E-state index contributed by atoms with van der Waals surface area (Å²) in [6.07, 6.45) is -2.38. The number of hydrogen-bond acceptors (Lipinski definition) is 3. The van der Waals surface area contributed by atoms with Crippen LogP contribution in [0.1, 0.15) is 0 Å². The SMILES string of the molecule is FC(F)(F)Oc1n[c]c2ccccc2n1. The number of halogens is 3. The van der Waals surface area contributed by atoms with Crippen LogP contribution >= 0.6 is 0 Å². The molecule has 77 valence electrons. The number of rotatable bonds is 1. The van der Waals surface area contributed by atoms with Crippen molar-refractivity contribution in [2.24, 2.45) is 0 Å². The lowest BCUT2D eigenvalue weighted by atomic mass is 10.2. The normalized spacial score (nSPS) is 11.7. The molecule has 0 aliphatic heterocycles. The topological polar surface area (TPSA) is 35.0 Å². The maximum absolute atomic E-state index is 11.8. The van der Waals surface area contributed by atoms with E-state index in [1.165, 1.54) is 0 Å². The first-order valence-corrected chi connectivity index (χ1v) is 3.95. The molecular weight excluding hydrogens is 209 g/mol. The number of nitrogens with zero attached hydrogens (tertiary/aromatic N) is 2. The molecule has 0 N–H and O–H groups in total. The molecule has 0 amide bonds. The summed E-state index contributed by atoms with van der Waals surface area (Å²) in [5.74, 6) is 0. The maximum Gasteiger partial charge on any atom is 0.575 e. The summed E-state index contributed by atoms with van der Waals surface area (Å²) < 4.78 is 39.0. The van der Waals surface area contributed by atoms with E-state index in [2.05, 4.69) is 20.9 Å². The van der Waals surface area contributed by atoms with Gasteiger partial charge in [-0.05, 0) is 6.07 Å². The van der Waals surface area contributed by atoms with E-state index in [0.29, 0.717) is 10.9 Å². The van der Waals surface area contributed by atoms with E-state index in [4.69, 9.17) is 0 Å². The minimum absolute atomic E-state index is 0.353. The molecule has 0 aliphatic carbocycles. The van der Waals surface area contributed by atoms with E-state index in [0.717, 1.165) is 0 Å². The zero-order chi connectivity index (χ0) is 10.9. The molecule has 0 atom stereocenters. The highest BCUT2D eigenvalue weighted by molar-refractivity contribution is 5.76. The number of benzene rings is 1. The molecular formula is C9H4F3N2O. The number of alkyl halides is 3. The van der Waals surface area contributed by atoms with E-state index < -0.39 is 12.4 Å². The lowest BCUT2D eigenvalue weighted by Gasteiger charge is -2.06. The highest BCUT2D eigenvalue weighted by Gasteiger charge is 2.32. The Balaban J connectivity index is 2.39. The Kier molecular flexibility index (Phi) is 2.18. The quantitative estimate of drug-likeness (QED) is 0.729. The Morgan fingerprint density at radius 1 is 1.20 bits per heavy atom. The fourth-order valence-electron chi connectivity index (χ4n) is 1.05. The lowest BCUT2D eigenvalue weighted by molar-refractivity contribution is -0.277. The van der Waals surface area contributed by atoms with E-state index in [-0.39, 0.29) is 0 Å². The summed E-state index contributed by atoms with van der Waals surface area (Å²) >= 11 is 0. The second kappa shape index (κ2) is 3.38. The number of aromatic nitrogens is 2. The molecule has 3 nitrogen and oxygen atoms in total. The van der Waals surface area contributed by atoms with Crippen LogP contribution in [0.15, 0.2) is 24.3 Å². The number of hydrogen-bond donors (Lipinski definition) is 0. The van der Waals surface area contributed by atoms with Crippen molar-refractivity contribution in [1.82, 2.24) is 9.97 Å². The highest BCUT2D eigenvalue weighted by atomic mass is 19.4. The zero-order valence-corrected chi connectivity index (χ0v) is 7.25.